The fourth-order valence-corrected chi connectivity index (χ4v) is 1.99. The molecule has 2 rings (SSSR count). The van der Waals surface area contributed by atoms with Gasteiger partial charge < -0.3 is 4.74 Å². The highest BCUT2D eigenvalue weighted by atomic mass is 32.2. The molecule has 0 amide bonds. The third-order valence-electron chi connectivity index (χ3n) is 2.31. The number of rotatable bonds is 4. The number of hydrogen-bond acceptors (Lipinski definition) is 7. The van der Waals surface area contributed by atoms with Gasteiger partial charge >= 0.3 is 0 Å². The molecule has 0 fully saturated rings. The van der Waals surface area contributed by atoms with E-state index in [1.54, 1.807) is 0 Å². The van der Waals surface area contributed by atoms with E-state index >= 15 is 0 Å². The lowest BCUT2D eigenvalue weighted by Gasteiger charge is -2.07. The number of sulfone groups is 1. The van der Waals surface area contributed by atoms with Gasteiger partial charge in [0, 0.05) is 6.26 Å². The van der Waals surface area contributed by atoms with Crippen molar-refractivity contribution in [1.82, 2.24) is 9.97 Å². The van der Waals surface area contributed by atoms with E-state index in [1.165, 1.54) is 24.3 Å². The van der Waals surface area contributed by atoms with Gasteiger partial charge in [-0.3, -0.25) is 5.43 Å². The lowest BCUT2D eigenvalue weighted by atomic mass is 10.3. The van der Waals surface area contributed by atoms with E-state index in [9.17, 15) is 12.8 Å². The number of nitrogens with zero attached hydrogens (tertiary/aromatic N) is 2. The Morgan fingerprint density at radius 3 is 2.50 bits per heavy atom. The minimum Gasteiger partial charge on any atom is -0.436 e. The minimum absolute atomic E-state index is 0.00541. The van der Waals surface area contributed by atoms with Gasteiger partial charge in [0.05, 0.1) is 11.1 Å². The van der Waals surface area contributed by atoms with Gasteiger partial charge in [-0.2, -0.15) is 9.37 Å². The Hall–Kier alpha value is -2.26. The van der Waals surface area contributed by atoms with E-state index in [2.05, 4.69) is 15.4 Å². The summed E-state index contributed by atoms with van der Waals surface area (Å²) < 4.78 is 41.2. The van der Waals surface area contributed by atoms with Crippen molar-refractivity contribution in [2.45, 2.75) is 4.90 Å². The molecular formula is C11H11FN4O3S. The van der Waals surface area contributed by atoms with E-state index in [0.717, 1.165) is 12.5 Å². The van der Waals surface area contributed by atoms with Gasteiger partial charge in [-0.25, -0.2) is 19.2 Å². The Labute approximate surface area is 114 Å². The molecule has 0 bridgehead atoms. The van der Waals surface area contributed by atoms with Crippen LogP contribution in [0, 0.1) is 5.82 Å². The smallest absolute Gasteiger partial charge is 0.260 e. The van der Waals surface area contributed by atoms with Crippen molar-refractivity contribution in [2.75, 3.05) is 11.7 Å². The van der Waals surface area contributed by atoms with Crippen LogP contribution in [0.4, 0.5) is 10.3 Å². The minimum atomic E-state index is -3.29. The van der Waals surface area contributed by atoms with Gasteiger partial charge in [-0.05, 0) is 24.3 Å². The highest BCUT2D eigenvalue weighted by molar-refractivity contribution is 7.90. The predicted octanol–water partition coefficient (Wildman–Crippen LogP) is 1.10. The first-order valence-electron chi connectivity index (χ1n) is 5.37. The zero-order valence-electron chi connectivity index (χ0n) is 10.4. The number of anilines is 1. The van der Waals surface area contributed by atoms with Crippen molar-refractivity contribution in [3.63, 3.8) is 0 Å². The average Bonchev–Trinajstić information content (AvgIpc) is 2.41. The van der Waals surface area contributed by atoms with Crippen LogP contribution in [0.25, 0.3) is 0 Å². The van der Waals surface area contributed by atoms with Crippen LogP contribution in [-0.2, 0) is 9.84 Å². The summed E-state index contributed by atoms with van der Waals surface area (Å²) in [6.07, 6.45) is 1.99. The fraction of sp³-hybridized carbons (Fsp3) is 0.0909. The van der Waals surface area contributed by atoms with Gasteiger partial charge in [-0.1, -0.05) is 0 Å². The second-order valence-corrected chi connectivity index (χ2v) is 5.85. The molecule has 3 N–H and O–H groups in total. The van der Waals surface area contributed by atoms with E-state index in [-0.39, 0.29) is 22.5 Å². The maximum Gasteiger partial charge on any atom is 0.260 e. The van der Waals surface area contributed by atoms with Crippen molar-refractivity contribution in [2.24, 2.45) is 5.84 Å². The molecule has 0 saturated heterocycles. The number of nitrogen functional groups attached to an aromatic ring is 1. The van der Waals surface area contributed by atoms with Crippen molar-refractivity contribution in [3.05, 3.63) is 36.3 Å². The first-order chi connectivity index (χ1) is 9.40. The van der Waals surface area contributed by atoms with Crippen LogP contribution in [0.2, 0.25) is 0 Å². The van der Waals surface area contributed by atoms with Gasteiger partial charge in [0.2, 0.25) is 11.8 Å². The Balaban J connectivity index is 2.26. The average molecular weight is 298 g/mol. The highest BCUT2D eigenvalue weighted by Crippen LogP contribution is 2.24. The first kappa shape index (κ1) is 14.2. The molecule has 0 aliphatic rings. The predicted molar refractivity (Wildman–Crippen MR) is 69.4 cm³/mol. The van der Waals surface area contributed by atoms with Gasteiger partial charge in [-0.15, -0.1) is 0 Å². The van der Waals surface area contributed by atoms with Crippen LogP contribution in [0.1, 0.15) is 0 Å². The molecule has 2 aromatic rings. The second-order valence-electron chi connectivity index (χ2n) is 3.84. The Morgan fingerprint density at radius 2 is 1.95 bits per heavy atom. The number of nitrogens with one attached hydrogen (secondary N) is 1. The number of hydrazine groups is 1. The molecule has 0 aliphatic carbocycles. The normalized spacial score (nSPS) is 11.2. The summed E-state index contributed by atoms with van der Waals surface area (Å²) in [7, 11) is -3.29. The number of halogens is 1. The number of nitrogens with two attached hydrogens (primary N) is 1. The molecule has 0 unspecified atom stereocenters. The van der Waals surface area contributed by atoms with Crippen LogP contribution in [-0.4, -0.2) is 24.6 Å². The summed E-state index contributed by atoms with van der Waals surface area (Å²) in [4.78, 5) is 7.39. The fourth-order valence-electron chi connectivity index (χ4n) is 1.36. The van der Waals surface area contributed by atoms with Crippen molar-refractivity contribution in [3.8, 4) is 11.6 Å². The van der Waals surface area contributed by atoms with Crippen LogP contribution in [0.3, 0.4) is 0 Å². The summed E-state index contributed by atoms with van der Waals surface area (Å²) >= 11 is 0. The molecule has 0 spiro atoms. The lowest BCUT2D eigenvalue weighted by Crippen LogP contribution is -2.11. The van der Waals surface area contributed by atoms with E-state index < -0.39 is 15.7 Å². The lowest BCUT2D eigenvalue weighted by molar-refractivity contribution is 0.420. The summed E-state index contributed by atoms with van der Waals surface area (Å²) in [5, 5.41) is 0. The first-order valence-corrected chi connectivity index (χ1v) is 7.26. The maximum atomic E-state index is 13.4. The van der Waals surface area contributed by atoms with Crippen LogP contribution in [0.15, 0.2) is 35.4 Å². The molecular weight excluding hydrogens is 287 g/mol. The summed E-state index contributed by atoms with van der Waals surface area (Å²) in [6.45, 7) is 0. The zero-order valence-corrected chi connectivity index (χ0v) is 11.2. The molecule has 7 nitrogen and oxygen atoms in total. The Kier molecular flexibility index (Phi) is 3.81. The van der Waals surface area contributed by atoms with Gasteiger partial charge in [0.1, 0.15) is 5.75 Å². The SMILES string of the molecule is CS(=O)(=O)c1ccc(Oc2nc(NN)ncc2F)cc1. The van der Waals surface area contributed by atoms with Crippen LogP contribution >= 0.6 is 0 Å². The number of ether oxygens (including phenoxy) is 1. The molecule has 1 aromatic carbocycles. The van der Waals surface area contributed by atoms with E-state index in [4.69, 9.17) is 10.6 Å². The second kappa shape index (κ2) is 5.39. The molecule has 1 aromatic heterocycles. The van der Waals surface area contributed by atoms with Gasteiger partial charge in [0.25, 0.3) is 5.88 Å². The Morgan fingerprint density at radius 1 is 1.30 bits per heavy atom. The molecule has 20 heavy (non-hydrogen) atoms. The van der Waals surface area contributed by atoms with Crippen LogP contribution in [0.5, 0.6) is 11.6 Å². The van der Waals surface area contributed by atoms with E-state index in [0.29, 0.717) is 0 Å². The third kappa shape index (κ3) is 3.19. The quantitative estimate of drug-likeness (QED) is 0.642. The molecule has 1 heterocycles. The van der Waals surface area contributed by atoms with Crippen molar-refractivity contribution >= 4 is 15.8 Å². The highest BCUT2D eigenvalue weighted by Gasteiger charge is 2.11. The largest absolute Gasteiger partial charge is 0.436 e. The van der Waals surface area contributed by atoms with Crippen molar-refractivity contribution in [1.29, 1.82) is 0 Å². The topological polar surface area (TPSA) is 107 Å². The monoisotopic (exact) mass is 298 g/mol. The van der Waals surface area contributed by atoms with Crippen LogP contribution < -0.4 is 16.0 Å². The maximum absolute atomic E-state index is 13.4. The number of aromatic nitrogens is 2. The Bertz CT molecular complexity index is 719. The summed E-state index contributed by atoms with van der Waals surface area (Å²) in [5.41, 5.74) is 2.16. The number of hydrogen-bond donors (Lipinski definition) is 2. The molecule has 106 valence electrons. The summed E-state index contributed by atoms with van der Waals surface area (Å²) in [6, 6.07) is 5.50. The molecule has 0 atom stereocenters. The van der Waals surface area contributed by atoms with Crippen molar-refractivity contribution < 1.29 is 17.5 Å². The summed E-state index contributed by atoms with van der Waals surface area (Å²) in [5.74, 6) is 4.25. The number of benzene rings is 1. The molecule has 0 aliphatic heterocycles. The molecule has 0 saturated carbocycles. The molecule has 9 heteroatoms. The standard InChI is InChI=1S/C11H11FN4O3S/c1-20(17,18)8-4-2-7(3-5-8)19-10-9(12)6-14-11(15-10)16-13/h2-6H,13H2,1H3,(H,14,15,16). The van der Waals surface area contributed by atoms with Gasteiger partial charge in [0.15, 0.2) is 9.84 Å². The van der Waals surface area contributed by atoms with E-state index in [1.807, 2.05) is 0 Å². The molecule has 0 radical (unpaired) electrons. The zero-order chi connectivity index (χ0) is 14.8. The third-order valence-corrected chi connectivity index (χ3v) is 3.44.